The van der Waals surface area contributed by atoms with Gasteiger partial charge in [-0.25, -0.2) is 0 Å². The van der Waals surface area contributed by atoms with E-state index in [4.69, 9.17) is 8.83 Å². The zero-order chi connectivity index (χ0) is 38.8. The molecule has 4 heteroatoms. The normalized spacial score (nSPS) is 15.5. The lowest BCUT2D eigenvalue weighted by Gasteiger charge is -2.27. The van der Waals surface area contributed by atoms with Crippen LogP contribution >= 0.6 is 0 Å². The van der Waals surface area contributed by atoms with Crippen LogP contribution in [0.25, 0.3) is 111 Å². The van der Waals surface area contributed by atoms with Gasteiger partial charge in [-0.1, -0.05) is 116 Å². The van der Waals surface area contributed by atoms with E-state index < -0.39 is 0 Å². The van der Waals surface area contributed by atoms with Crippen molar-refractivity contribution in [2.24, 2.45) is 0 Å². The van der Waals surface area contributed by atoms with Gasteiger partial charge >= 0.3 is 0 Å². The van der Waals surface area contributed by atoms with Crippen LogP contribution in [0.4, 0.5) is 0 Å². The third-order valence-electron chi connectivity index (χ3n) is 12.9. The smallest absolute Gasteiger partial charge is 0.137 e. The van der Waals surface area contributed by atoms with Gasteiger partial charge in [-0.05, 0) is 95.9 Å². The monoisotopic (exact) mass is 756 g/mol. The second-order valence-corrected chi connectivity index (χ2v) is 16.3. The van der Waals surface area contributed by atoms with Crippen molar-refractivity contribution in [3.8, 4) is 22.5 Å². The summed E-state index contributed by atoms with van der Waals surface area (Å²) in [5.41, 5.74) is 12.8. The maximum absolute atomic E-state index is 6.61. The Morgan fingerprint density at radius 1 is 0.458 bits per heavy atom. The molecule has 0 bridgehead atoms. The Morgan fingerprint density at radius 2 is 1.15 bits per heavy atom. The van der Waals surface area contributed by atoms with Gasteiger partial charge in [-0.15, -0.1) is 0 Å². The van der Waals surface area contributed by atoms with Crippen LogP contribution in [0.3, 0.4) is 0 Å². The summed E-state index contributed by atoms with van der Waals surface area (Å²) in [5.74, 6) is 0. The number of nitrogens with zero attached hydrogens (tertiary/aromatic N) is 2. The average Bonchev–Trinajstić information content (AvgIpc) is 4.03. The molecule has 0 saturated carbocycles. The van der Waals surface area contributed by atoms with Crippen molar-refractivity contribution in [3.05, 3.63) is 192 Å². The molecular formula is C55H36N2O2. The summed E-state index contributed by atoms with van der Waals surface area (Å²) in [6, 6.07) is 63.2. The number of para-hydroxylation sites is 4. The van der Waals surface area contributed by atoms with Crippen LogP contribution in [0.5, 0.6) is 0 Å². The number of benzene rings is 8. The first kappa shape index (κ1) is 32.5. The predicted octanol–water partition coefficient (Wildman–Crippen LogP) is 13.1. The van der Waals surface area contributed by atoms with Gasteiger partial charge in [0.15, 0.2) is 0 Å². The van der Waals surface area contributed by atoms with Gasteiger partial charge in [-0.2, -0.15) is 0 Å². The van der Waals surface area contributed by atoms with Crippen LogP contribution in [-0.4, -0.2) is 9.13 Å². The molecule has 4 aromatic heterocycles. The van der Waals surface area contributed by atoms with Gasteiger partial charge in [0.25, 0.3) is 0 Å². The molecule has 0 amide bonds. The molecule has 0 spiro atoms. The van der Waals surface area contributed by atoms with Crippen LogP contribution < -0.4 is 10.6 Å². The van der Waals surface area contributed by atoms with Gasteiger partial charge in [0.1, 0.15) is 22.3 Å². The quantitative estimate of drug-likeness (QED) is 0.179. The summed E-state index contributed by atoms with van der Waals surface area (Å²) in [7, 11) is 0. The molecule has 13 rings (SSSR count). The fourth-order valence-electron chi connectivity index (χ4n) is 10.1. The number of hydrogen-bond acceptors (Lipinski definition) is 2. The van der Waals surface area contributed by atoms with Crippen LogP contribution in [0.15, 0.2) is 185 Å². The number of furan rings is 2. The van der Waals surface area contributed by atoms with Crippen LogP contribution in [0.1, 0.15) is 18.9 Å². The molecule has 0 aliphatic heterocycles. The van der Waals surface area contributed by atoms with E-state index in [2.05, 4.69) is 198 Å². The van der Waals surface area contributed by atoms with Gasteiger partial charge < -0.3 is 18.0 Å². The molecule has 59 heavy (non-hydrogen) atoms. The fraction of sp³-hybridized carbons (Fsp3) is 0.0545. The van der Waals surface area contributed by atoms with E-state index >= 15 is 0 Å². The van der Waals surface area contributed by atoms with Crippen molar-refractivity contribution in [2.75, 3.05) is 0 Å². The summed E-state index contributed by atoms with van der Waals surface area (Å²) in [4.78, 5) is 0. The maximum atomic E-state index is 6.61. The van der Waals surface area contributed by atoms with Crippen molar-refractivity contribution < 1.29 is 8.83 Å². The summed E-state index contributed by atoms with van der Waals surface area (Å²) < 4.78 is 17.8. The largest absolute Gasteiger partial charge is 0.456 e. The fourth-order valence-corrected chi connectivity index (χ4v) is 10.1. The summed E-state index contributed by atoms with van der Waals surface area (Å²) in [5, 5.41) is 10.8. The maximum Gasteiger partial charge on any atom is 0.137 e. The first-order chi connectivity index (χ1) is 29.1. The van der Waals surface area contributed by atoms with Crippen molar-refractivity contribution in [1.82, 2.24) is 9.13 Å². The number of hydrogen-bond donors (Lipinski definition) is 0. The van der Waals surface area contributed by atoms with Crippen molar-refractivity contribution in [3.63, 3.8) is 0 Å². The number of fused-ring (bicyclic) bond motifs is 12. The highest BCUT2D eigenvalue weighted by molar-refractivity contribution is 6.15. The molecule has 1 atom stereocenters. The first-order valence-electron chi connectivity index (χ1n) is 20.4. The molecule has 0 saturated heterocycles. The van der Waals surface area contributed by atoms with E-state index in [0.29, 0.717) is 0 Å². The van der Waals surface area contributed by atoms with Gasteiger partial charge in [0, 0.05) is 71.1 Å². The van der Waals surface area contributed by atoms with Crippen LogP contribution in [-0.2, 0) is 5.41 Å². The highest BCUT2D eigenvalue weighted by atomic mass is 16.3. The zero-order valence-electron chi connectivity index (χ0n) is 32.3. The molecule has 0 radical (unpaired) electrons. The lowest BCUT2D eigenvalue weighted by atomic mass is 9.76. The van der Waals surface area contributed by atoms with Crippen molar-refractivity contribution >= 4 is 88.7 Å². The molecule has 278 valence electrons. The van der Waals surface area contributed by atoms with E-state index in [0.717, 1.165) is 67.2 Å². The van der Waals surface area contributed by atoms with Crippen molar-refractivity contribution in [2.45, 2.75) is 18.8 Å². The molecule has 1 aliphatic rings. The lowest BCUT2D eigenvalue weighted by molar-refractivity contribution is 0.649. The van der Waals surface area contributed by atoms with E-state index in [1.807, 2.05) is 6.07 Å². The van der Waals surface area contributed by atoms with Crippen LogP contribution in [0, 0.1) is 0 Å². The summed E-state index contributed by atoms with van der Waals surface area (Å²) in [6.45, 7) is 2.38. The Morgan fingerprint density at radius 3 is 2.00 bits per heavy atom. The topological polar surface area (TPSA) is 36.1 Å². The van der Waals surface area contributed by atoms with E-state index in [9.17, 15) is 0 Å². The molecule has 4 nitrogen and oxygen atoms in total. The van der Waals surface area contributed by atoms with Gasteiger partial charge in [0.2, 0.25) is 0 Å². The predicted molar refractivity (Wildman–Crippen MR) is 244 cm³/mol. The lowest BCUT2D eigenvalue weighted by Crippen LogP contribution is -2.36. The van der Waals surface area contributed by atoms with Crippen molar-refractivity contribution in [1.29, 1.82) is 0 Å². The Labute approximate surface area is 338 Å². The molecule has 0 fully saturated rings. The highest BCUT2D eigenvalue weighted by Gasteiger charge is 2.29. The number of rotatable bonds is 4. The van der Waals surface area contributed by atoms with E-state index in [-0.39, 0.29) is 5.41 Å². The molecule has 1 unspecified atom stereocenters. The minimum atomic E-state index is -0.263. The minimum Gasteiger partial charge on any atom is -0.456 e. The minimum absolute atomic E-state index is 0.263. The molecule has 0 N–H and O–H groups in total. The molecule has 12 aromatic rings. The Balaban J connectivity index is 1.01. The Kier molecular flexibility index (Phi) is 6.60. The van der Waals surface area contributed by atoms with Gasteiger partial charge in [0.05, 0.1) is 16.6 Å². The molecule has 4 heterocycles. The number of aromatic nitrogens is 2. The Hall–Kier alpha value is -7.56. The highest BCUT2D eigenvalue weighted by Crippen LogP contribution is 2.42. The van der Waals surface area contributed by atoms with E-state index in [1.54, 1.807) is 0 Å². The van der Waals surface area contributed by atoms with Crippen LogP contribution in [0.2, 0.25) is 0 Å². The Bertz CT molecular complexity index is 3820. The summed E-state index contributed by atoms with van der Waals surface area (Å²) in [6.07, 6.45) is 5.81. The third kappa shape index (κ3) is 4.66. The first-order valence-corrected chi connectivity index (χ1v) is 20.4. The SMILES string of the molecule is CC1(c2ccc3oc4cccc(-c5ccc6c(c5)c5ccccc5n6-c5ccccc5)c4c3c2)C=c2c(n(-c3ccccc3)c3cc4oc5ccccc5c4cc23)=CC1. The second kappa shape index (κ2) is 12.0. The zero-order valence-corrected chi connectivity index (χ0v) is 32.3. The summed E-state index contributed by atoms with van der Waals surface area (Å²) >= 11 is 0. The molecule has 1 aliphatic carbocycles. The van der Waals surface area contributed by atoms with E-state index in [1.165, 1.54) is 54.5 Å². The molecular weight excluding hydrogens is 721 g/mol. The molecule has 8 aromatic carbocycles. The average molecular weight is 757 g/mol. The standard InChI is InChI=1S/C55H36N2O2/c1-55(28-27-48-45(33-55)42-31-43-40-18-9-11-21-50(40)59-53(43)32-49(42)57(48)37-15-6-3-7-16-37)35-24-26-51-44(30-35)54-38(19-12-22-52(54)58-51)34-23-25-47-41(29-34)39-17-8-10-20-46(39)56(47)36-13-4-2-5-14-36/h2-27,29-33H,28H2,1H3. The van der Waals surface area contributed by atoms with Gasteiger partial charge in [-0.3, -0.25) is 0 Å². The third-order valence-corrected chi connectivity index (χ3v) is 12.9. The second-order valence-electron chi connectivity index (χ2n) is 16.3.